The minimum atomic E-state index is -3.92. The number of halogens is 2. The van der Waals surface area contributed by atoms with Crippen LogP contribution < -0.4 is 14.8 Å². The first-order chi connectivity index (χ1) is 14.2. The molecule has 0 aliphatic heterocycles. The van der Waals surface area contributed by atoms with Gasteiger partial charge in [-0.25, -0.2) is 12.8 Å². The van der Waals surface area contributed by atoms with Crippen LogP contribution in [0, 0.1) is 5.82 Å². The molecule has 0 atom stereocenters. The van der Waals surface area contributed by atoms with E-state index in [0.29, 0.717) is 19.6 Å². The summed E-state index contributed by atoms with van der Waals surface area (Å²) in [5.41, 5.74) is 0.211. The van der Waals surface area contributed by atoms with Crippen molar-refractivity contribution in [2.45, 2.75) is 31.3 Å². The van der Waals surface area contributed by atoms with Crippen molar-refractivity contribution in [2.24, 2.45) is 0 Å². The summed E-state index contributed by atoms with van der Waals surface area (Å²) >= 11 is 6.10. The molecule has 2 rings (SSSR count). The first kappa shape index (κ1) is 23.9. The Balaban J connectivity index is 1.88. The number of ether oxygens (including phenoxy) is 2. The maximum absolute atomic E-state index is 13.0. The second-order valence-electron chi connectivity index (χ2n) is 6.62. The van der Waals surface area contributed by atoms with Gasteiger partial charge < -0.3 is 14.8 Å². The molecule has 0 saturated carbocycles. The van der Waals surface area contributed by atoms with E-state index in [4.69, 9.17) is 21.1 Å². The third-order valence-corrected chi connectivity index (χ3v) is 5.44. The van der Waals surface area contributed by atoms with Crippen molar-refractivity contribution in [2.75, 3.05) is 24.5 Å². The Kier molecular flexibility index (Phi) is 8.88. The lowest BCUT2D eigenvalue weighted by molar-refractivity contribution is -0.123. The molecule has 10 heteroatoms. The second kappa shape index (κ2) is 11.1. The van der Waals surface area contributed by atoms with Gasteiger partial charge in [0.2, 0.25) is 0 Å². The molecule has 164 valence electrons. The summed E-state index contributed by atoms with van der Waals surface area (Å²) in [5, 5.41) is 2.73. The van der Waals surface area contributed by atoms with E-state index in [1.165, 1.54) is 30.3 Å². The van der Waals surface area contributed by atoms with Crippen molar-refractivity contribution < 1.29 is 27.1 Å². The Labute approximate surface area is 180 Å². The predicted octanol–water partition coefficient (Wildman–Crippen LogP) is 3.59. The van der Waals surface area contributed by atoms with Crippen molar-refractivity contribution in [1.29, 1.82) is 0 Å². The highest BCUT2D eigenvalue weighted by molar-refractivity contribution is 7.92. The number of anilines is 1. The lowest BCUT2D eigenvalue weighted by Crippen LogP contribution is -2.30. The van der Waals surface area contributed by atoms with Crippen LogP contribution in [0.3, 0.4) is 0 Å². The molecule has 0 unspecified atom stereocenters. The van der Waals surface area contributed by atoms with Crippen LogP contribution in [0.4, 0.5) is 10.1 Å². The van der Waals surface area contributed by atoms with E-state index in [9.17, 15) is 17.6 Å². The van der Waals surface area contributed by atoms with Crippen LogP contribution >= 0.6 is 11.6 Å². The lowest BCUT2D eigenvalue weighted by atomic mass is 10.3. The minimum Gasteiger partial charge on any atom is -0.482 e. The van der Waals surface area contributed by atoms with Gasteiger partial charge >= 0.3 is 0 Å². The molecule has 30 heavy (non-hydrogen) atoms. The van der Waals surface area contributed by atoms with E-state index in [1.54, 1.807) is 0 Å². The molecule has 0 spiro atoms. The molecule has 0 bridgehead atoms. The van der Waals surface area contributed by atoms with Gasteiger partial charge in [0, 0.05) is 18.8 Å². The topological polar surface area (TPSA) is 93.7 Å². The van der Waals surface area contributed by atoms with Crippen molar-refractivity contribution in [3.8, 4) is 5.75 Å². The summed E-state index contributed by atoms with van der Waals surface area (Å²) in [4.78, 5) is 11.7. The van der Waals surface area contributed by atoms with Gasteiger partial charge in [-0.3, -0.25) is 9.52 Å². The zero-order valence-corrected chi connectivity index (χ0v) is 18.2. The van der Waals surface area contributed by atoms with Crippen LogP contribution in [0.25, 0.3) is 0 Å². The molecule has 2 N–H and O–H groups in total. The van der Waals surface area contributed by atoms with Crippen LogP contribution in [0.2, 0.25) is 5.02 Å². The van der Waals surface area contributed by atoms with E-state index in [-0.39, 0.29) is 40.0 Å². The number of sulfonamides is 1. The SMILES string of the molecule is CC(C)OCCCNC(=O)COc1ccc(S(=O)(=O)Nc2ccc(F)cc2)cc1Cl. The van der Waals surface area contributed by atoms with Crippen LogP contribution in [0.1, 0.15) is 20.3 Å². The monoisotopic (exact) mass is 458 g/mol. The summed E-state index contributed by atoms with van der Waals surface area (Å²) in [6, 6.07) is 8.77. The van der Waals surface area contributed by atoms with Gasteiger partial charge in [0.25, 0.3) is 15.9 Å². The highest BCUT2D eigenvalue weighted by Crippen LogP contribution is 2.28. The summed E-state index contributed by atoms with van der Waals surface area (Å²) in [7, 11) is -3.92. The number of benzene rings is 2. The van der Waals surface area contributed by atoms with Gasteiger partial charge in [0.05, 0.1) is 16.0 Å². The summed E-state index contributed by atoms with van der Waals surface area (Å²) in [6.45, 7) is 4.61. The summed E-state index contributed by atoms with van der Waals surface area (Å²) in [6.07, 6.45) is 0.821. The average Bonchev–Trinajstić information content (AvgIpc) is 2.68. The number of hydrogen-bond acceptors (Lipinski definition) is 5. The predicted molar refractivity (Wildman–Crippen MR) is 113 cm³/mol. The first-order valence-electron chi connectivity index (χ1n) is 9.26. The van der Waals surface area contributed by atoms with Crippen molar-refractivity contribution in [3.63, 3.8) is 0 Å². The quantitative estimate of drug-likeness (QED) is 0.502. The molecule has 7 nitrogen and oxygen atoms in total. The Hall–Kier alpha value is -2.36. The van der Waals surface area contributed by atoms with Crippen LogP contribution in [0.15, 0.2) is 47.4 Å². The molecule has 0 aliphatic carbocycles. The Morgan fingerprint density at radius 1 is 1.17 bits per heavy atom. The number of carbonyl (C=O) groups is 1. The van der Waals surface area contributed by atoms with Gasteiger partial charge in [0.1, 0.15) is 11.6 Å². The second-order valence-corrected chi connectivity index (χ2v) is 8.71. The van der Waals surface area contributed by atoms with Gasteiger partial charge in [-0.05, 0) is 62.7 Å². The normalized spacial score (nSPS) is 11.4. The highest BCUT2D eigenvalue weighted by Gasteiger charge is 2.17. The fourth-order valence-corrected chi connectivity index (χ4v) is 3.70. The highest BCUT2D eigenvalue weighted by atomic mass is 35.5. The number of hydrogen-bond donors (Lipinski definition) is 2. The van der Waals surface area contributed by atoms with Gasteiger partial charge in [0.15, 0.2) is 6.61 Å². The molecule has 1 amide bonds. The maximum atomic E-state index is 13.0. The van der Waals surface area contributed by atoms with E-state index >= 15 is 0 Å². The number of carbonyl (C=O) groups excluding carboxylic acids is 1. The molecule has 0 heterocycles. The fourth-order valence-electron chi connectivity index (χ4n) is 2.31. The third kappa shape index (κ3) is 7.81. The average molecular weight is 459 g/mol. The fraction of sp³-hybridized carbons (Fsp3) is 0.350. The Bertz CT molecular complexity index is 952. The maximum Gasteiger partial charge on any atom is 0.261 e. The third-order valence-electron chi connectivity index (χ3n) is 3.76. The van der Waals surface area contributed by atoms with Gasteiger partial charge in [-0.15, -0.1) is 0 Å². The first-order valence-corrected chi connectivity index (χ1v) is 11.1. The molecule has 0 saturated heterocycles. The molecule has 0 radical (unpaired) electrons. The number of amides is 1. The summed E-state index contributed by atoms with van der Waals surface area (Å²) < 4.78 is 50.9. The summed E-state index contributed by atoms with van der Waals surface area (Å²) in [5.74, 6) is -0.628. The van der Waals surface area contributed by atoms with Gasteiger partial charge in [-0.2, -0.15) is 0 Å². The lowest BCUT2D eigenvalue weighted by Gasteiger charge is -2.12. The van der Waals surface area contributed by atoms with Crippen molar-refractivity contribution in [3.05, 3.63) is 53.3 Å². The van der Waals surface area contributed by atoms with E-state index < -0.39 is 15.8 Å². The molecular weight excluding hydrogens is 435 g/mol. The number of nitrogens with one attached hydrogen (secondary N) is 2. The molecule has 2 aromatic rings. The molecule has 0 aromatic heterocycles. The van der Waals surface area contributed by atoms with E-state index in [1.807, 2.05) is 13.8 Å². The smallest absolute Gasteiger partial charge is 0.261 e. The van der Waals surface area contributed by atoms with Crippen LogP contribution in [-0.2, 0) is 19.6 Å². The van der Waals surface area contributed by atoms with Crippen molar-refractivity contribution >= 4 is 33.2 Å². The zero-order valence-electron chi connectivity index (χ0n) is 16.7. The van der Waals surface area contributed by atoms with Gasteiger partial charge in [-0.1, -0.05) is 11.6 Å². The minimum absolute atomic E-state index is 0.0371. The molecular formula is C20H24ClFN2O5S. The zero-order chi connectivity index (χ0) is 22.1. The Morgan fingerprint density at radius 3 is 2.50 bits per heavy atom. The Morgan fingerprint density at radius 2 is 1.87 bits per heavy atom. The van der Waals surface area contributed by atoms with Crippen molar-refractivity contribution in [1.82, 2.24) is 5.32 Å². The van der Waals surface area contributed by atoms with Crippen LogP contribution in [-0.4, -0.2) is 40.2 Å². The number of rotatable bonds is 11. The largest absolute Gasteiger partial charge is 0.482 e. The standard InChI is InChI=1S/C20H24ClFN2O5S/c1-14(2)28-11-3-10-23-20(25)13-29-19-9-8-17(12-18(19)21)30(26,27)24-16-6-4-15(22)5-7-16/h4-9,12,14,24H,3,10-11,13H2,1-2H3,(H,23,25). The molecule has 0 fully saturated rings. The van der Waals surface area contributed by atoms with Crippen LogP contribution in [0.5, 0.6) is 5.75 Å². The van der Waals surface area contributed by atoms with E-state index in [2.05, 4.69) is 10.0 Å². The molecule has 0 aliphatic rings. The van der Waals surface area contributed by atoms with E-state index in [0.717, 1.165) is 12.1 Å². The molecule has 2 aromatic carbocycles.